The molecule has 2 nitrogen and oxygen atoms in total. The Bertz CT molecular complexity index is 419. The van der Waals surface area contributed by atoms with Crippen LogP contribution < -0.4 is 0 Å². The minimum absolute atomic E-state index is 0.140. The Morgan fingerprint density at radius 3 is 2.82 bits per heavy atom. The molecule has 1 fully saturated rings. The van der Waals surface area contributed by atoms with E-state index in [1.807, 2.05) is 25.1 Å². The van der Waals surface area contributed by atoms with E-state index in [4.69, 9.17) is 12.2 Å². The van der Waals surface area contributed by atoms with Crippen LogP contribution in [0.1, 0.15) is 18.9 Å². The van der Waals surface area contributed by atoms with E-state index in [2.05, 4.69) is 12.1 Å². The molecule has 0 saturated carbocycles. The van der Waals surface area contributed by atoms with Crippen LogP contribution in [-0.2, 0) is 11.2 Å². The molecule has 0 bridgehead atoms. The van der Waals surface area contributed by atoms with E-state index >= 15 is 0 Å². The summed E-state index contributed by atoms with van der Waals surface area (Å²) in [6.07, 6.45) is 1.41. The van der Waals surface area contributed by atoms with Crippen molar-refractivity contribution in [2.75, 3.05) is 5.75 Å². The second-order valence-corrected chi connectivity index (χ2v) is 5.69. The highest BCUT2D eigenvalue weighted by atomic mass is 32.2. The molecular formula is C13H15NOS2. The van der Waals surface area contributed by atoms with Crippen molar-refractivity contribution in [3.05, 3.63) is 35.9 Å². The number of hydrogen-bond donors (Lipinski definition) is 0. The maximum Gasteiger partial charge on any atom is 0.228 e. The maximum atomic E-state index is 11.9. The van der Waals surface area contributed by atoms with Crippen molar-refractivity contribution in [1.82, 2.24) is 4.90 Å². The first kappa shape index (κ1) is 12.6. The number of rotatable bonds is 3. The van der Waals surface area contributed by atoms with E-state index in [1.165, 1.54) is 5.56 Å². The number of carbonyl (C=O) groups excluding carboxylic acids is 1. The van der Waals surface area contributed by atoms with Crippen LogP contribution in [0.15, 0.2) is 30.3 Å². The van der Waals surface area contributed by atoms with Crippen molar-refractivity contribution in [3.63, 3.8) is 0 Å². The fraction of sp³-hybridized carbons (Fsp3) is 0.385. The van der Waals surface area contributed by atoms with E-state index in [-0.39, 0.29) is 11.9 Å². The molecule has 0 aliphatic carbocycles. The smallest absolute Gasteiger partial charge is 0.228 e. The molecule has 0 N–H and O–H groups in total. The van der Waals surface area contributed by atoms with Gasteiger partial charge < -0.3 is 0 Å². The van der Waals surface area contributed by atoms with Crippen LogP contribution in [-0.4, -0.2) is 26.9 Å². The van der Waals surface area contributed by atoms with Crippen LogP contribution in [0.25, 0.3) is 0 Å². The first-order valence-electron chi connectivity index (χ1n) is 5.75. The minimum atomic E-state index is 0.140. The molecule has 1 saturated heterocycles. The van der Waals surface area contributed by atoms with Crippen molar-refractivity contribution in [1.29, 1.82) is 0 Å². The highest BCUT2D eigenvalue weighted by Gasteiger charge is 2.32. The van der Waals surface area contributed by atoms with Crippen LogP contribution in [0.3, 0.4) is 0 Å². The lowest BCUT2D eigenvalue weighted by molar-refractivity contribution is -0.127. The number of carbonyl (C=O) groups is 1. The molecule has 0 spiro atoms. The summed E-state index contributed by atoms with van der Waals surface area (Å²) in [5, 5.41) is 0. The topological polar surface area (TPSA) is 20.3 Å². The summed E-state index contributed by atoms with van der Waals surface area (Å²) in [5.74, 6) is 1.06. The Morgan fingerprint density at radius 1 is 1.47 bits per heavy atom. The summed E-state index contributed by atoms with van der Waals surface area (Å²) in [7, 11) is 0. The molecule has 1 aliphatic heterocycles. The first-order chi connectivity index (χ1) is 8.22. The van der Waals surface area contributed by atoms with Gasteiger partial charge in [-0.25, -0.2) is 0 Å². The molecule has 1 aromatic rings. The van der Waals surface area contributed by atoms with Gasteiger partial charge in [0.2, 0.25) is 5.91 Å². The van der Waals surface area contributed by atoms with Gasteiger partial charge in [-0.05, 0) is 12.0 Å². The van der Waals surface area contributed by atoms with Crippen molar-refractivity contribution in [3.8, 4) is 0 Å². The van der Waals surface area contributed by atoms with Gasteiger partial charge in [0.25, 0.3) is 0 Å². The first-order valence-corrected chi connectivity index (χ1v) is 7.14. The van der Waals surface area contributed by atoms with Crippen LogP contribution in [0.2, 0.25) is 0 Å². The summed E-state index contributed by atoms with van der Waals surface area (Å²) in [6.45, 7) is 1.88. The van der Waals surface area contributed by atoms with Gasteiger partial charge >= 0.3 is 0 Å². The number of nitrogens with zero attached hydrogens (tertiary/aromatic N) is 1. The lowest BCUT2D eigenvalue weighted by Crippen LogP contribution is -2.39. The molecule has 1 aliphatic rings. The van der Waals surface area contributed by atoms with Gasteiger partial charge in [-0.3, -0.25) is 9.69 Å². The van der Waals surface area contributed by atoms with E-state index in [0.717, 1.165) is 16.5 Å². The molecule has 0 aromatic heterocycles. The van der Waals surface area contributed by atoms with Crippen molar-refractivity contribution in [2.24, 2.45) is 0 Å². The van der Waals surface area contributed by atoms with Gasteiger partial charge in [0.1, 0.15) is 4.32 Å². The Balaban J connectivity index is 2.10. The summed E-state index contributed by atoms with van der Waals surface area (Å²) < 4.78 is 0.734. The molecule has 1 heterocycles. The van der Waals surface area contributed by atoms with Crippen molar-refractivity contribution >= 4 is 34.2 Å². The number of benzene rings is 1. The van der Waals surface area contributed by atoms with Crippen LogP contribution in [0.4, 0.5) is 0 Å². The fourth-order valence-corrected chi connectivity index (χ4v) is 3.42. The SMILES string of the molecule is CCC(=O)N1C(=S)SC[C@@H]1Cc1ccccc1. The molecule has 90 valence electrons. The average molecular weight is 265 g/mol. The van der Waals surface area contributed by atoms with Crippen LogP contribution in [0, 0.1) is 0 Å². The summed E-state index contributed by atoms with van der Waals surface area (Å²) in [6, 6.07) is 10.5. The van der Waals surface area contributed by atoms with E-state index in [9.17, 15) is 4.79 Å². The zero-order valence-electron chi connectivity index (χ0n) is 9.76. The standard InChI is InChI=1S/C13H15NOS2/c1-2-12(15)14-11(9-17-13(14)16)8-10-6-4-3-5-7-10/h3-7,11H,2,8-9H2,1H3/t11-/m0/s1. The highest BCUT2D eigenvalue weighted by molar-refractivity contribution is 8.23. The second kappa shape index (κ2) is 5.65. The molecule has 0 radical (unpaired) electrons. The third kappa shape index (κ3) is 2.87. The highest BCUT2D eigenvalue weighted by Crippen LogP contribution is 2.27. The fourth-order valence-electron chi connectivity index (χ4n) is 1.97. The minimum Gasteiger partial charge on any atom is -0.293 e. The molecule has 1 amide bonds. The molecule has 2 rings (SSSR count). The third-order valence-electron chi connectivity index (χ3n) is 2.85. The summed E-state index contributed by atoms with van der Waals surface area (Å²) in [4.78, 5) is 13.6. The summed E-state index contributed by atoms with van der Waals surface area (Å²) in [5.41, 5.74) is 1.26. The summed E-state index contributed by atoms with van der Waals surface area (Å²) >= 11 is 6.86. The number of thiocarbonyl (C=S) groups is 1. The largest absolute Gasteiger partial charge is 0.293 e. The zero-order chi connectivity index (χ0) is 12.3. The van der Waals surface area contributed by atoms with Gasteiger partial charge in [-0.1, -0.05) is 61.2 Å². The average Bonchev–Trinajstić information content (AvgIpc) is 2.71. The van der Waals surface area contributed by atoms with Gasteiger partial charge in [0.05, 0.1) is 6.04 Å². The lowest BCUT2D eigenvalue weighted by atomic mass is 10.1. The molecular weight excluding hydrogens is 250 g/mol. The molecule has 17 heavy (non-hydrogen) atoms. The van der Waals surface area contributed by atoms with E-state index in [0.29, 0.717) is 6.42 Å². The number of thioether (sulfide) groups is 1. The lowest BCUT2D eigenvalue weighted by Gasteiger charge is -2.23. The predicted octanol–water partition coefficient (Wildman–Crippen LogP) is 2.87. The Morgan fingerprint density at radius 2 is 2.18 bits per heavy atom. The van der Waals surface area contributed by atoms with Crippen LogP contribution >= 0.6 is 24.0 Å². The third-order valence-corrected chi connectivity index (χ3v) is 4.39. The van der Waals surface area contributed by atoms with Gasteiger partial charge in [0.15, 0.2) is 0 Å². The van der Waals surface area contributed by atoms with Gasteiger partial charge in [-0.2, -0.15) is 0 Å². The maximum absolute atomic E-state index is 11.9. The van der Waals surface area contributed by atoms with Gasteiger partial charge in [-0.15, -0.1) is 0 Å². The molecule has 1 aromatic carbocycles. The Hall–Kier alpha value is -0.870. The van der Waals surface area contributed by atoms with E-state index < -0.39 is 0 Å². The normalized spacial score (nSPS) is 19.7. The Kier molecular flexibility index (Phi) is 4.18. The van der Waals surface area contributed by atoms with Crippen molar-refractivity contribution in [2.45, 2.75) is 25.8 Å². The van der Waals surface area contributed by atoms with Gasteiger partial charge in [0, 0.05) is 12.2 Å². The molecule has 1 atom stereocenters. The number of hydrogen-bond acceptors (Lipinski definition) is 3. The molecule has 0 unspecified atom stereocenters. The monoisotopic (exact) mass is 265 g/mol. The van der Waals surface area contributed by atoms with Crippen molar-refractivity contribution < 1.29 is 4.79 Å². The Labute approximate surface area is 111 Å². The van der Waals surface area contributed by atoms with Crippen LogP contribution in [0.5, 0.6) is 0 Å². The second-order valence-electron chi connectivity index (χ2n) is 4.04. The van der Waals surface area contributed by atoms with E-state index in [1.54, 1.807) is 16.7 Å². The zero-order valence-corrected chi connectivity index (χ0v) is 11.4. The molecule has 4 heteroatoms. The quantitative estimate of drug-likeness (QED) is 0.784. The number of amides is 1. The predicted molar refractivity (Wildman–Crippen MR) is 76.1 cm³/mol.